The highest BCUT2D eigenvalue weighted by Crippen LogP contribution is 2.28. The average Bonchev–Trinajstić information content (AvgIpc) is 2.37. The Kier molecular flexibility index (Phi) is 3.74. The van der Waals surface area contributed by atoms with Gasteiger partial charge in [0.1, 0.15) is 0 Å². The predicted molar refractivity (Wildman–Crippen MR) is 83.1 cm³/mol. The highest BCUT2D eigenvalue weighted by molar-refractivity contribution is 5.50. The molecular weight excluding hydrogens is 248 g/mol. The van der Waals surface area contributed by atoms with E-state index in [1.807, 2.05) is 19.9 Å². The van der Waals surface area contributed by atoms with E-state index in [1.165, 1.54) is 38.0 Å². The summed E-state index contributed by atoms with van der Waals surface area (Å²) < 4.78 is 0. The predicted octanol–water partition coefficient (Wildman–Crippen LogP) is 2.59. The molecule has 3 nitrogen and oxygen atoms in total. The SMILES string of the molecule is CC(C)(O)c1cccc(N2CCN(C3CCC3)CC2)c1. The van der Waals surface area contributed by atoms with Gasteiger partial charge in [-0.2, -0.15) is 0 Å². The van der Waals surface area contributed by atoms with Crippen LogP contribution in [0.25, 0.3) is 0 Å². The lowest BCUT2D eigenvalue weighted by Crippen LogP contribution is -2.52. The Balaban J connectivity index is 1.65. The van der Waals surface area contributed by atoms with Crippen LogP contribution in [0.4, 0.5) is 5.69 Å². The third-order valence-corrected chi connectivity index (χ3v) is 4.82. The van der Waals surface area contributed by atoms with Crippen LogP contribution in [0.3, 0.4) is 0 Å². The van der Waals surface area contributed by atoms with Crippen LogP contribution in [0.5, 0.6) is 0 Å². The standard InChI is InChI=1S/C17H26N2O/c1-17(2,20)14-5-3-8-16(13-14)19-11-9-18(10-12-19)15-6-4-7-15/h3,5,8,13,15,20H,4,6-7,9-12H2,1-2H3. The molecule has 110 valence electrons. The molecule has 3 heteroatoms. The number of piperazine rings is 1. The second kappa shape index (κ2) is 5.38. The van der Waals surface area contributed by atoms with Gasteiger partial charge in [-0.3, -0.25) is 4.90 Å². The maximum absolute atomic E-state index is 10.1. The summed E-state index contributed by atoms with van der Waals surface area (Å²) in [5, 5.41) is 10.1. The van der Waals surface area contributed by atoms with Gasteiger partial charge in [0.15, 0.2) is 0 Å². The average molecular weight is 274 g/mol. The van der Waals surface area contributed by atoms with Crippen LogP contribution in [0.1, 0.15) is 38.7 Å². The molecule has 1 saturated carbocycles. The van der Waals surface area contributed by atoms with Crippen LogP contribution in [-0.4, -0.2) is 42.2 Å². The lowest BCUT2D eigenvalue weighted by Gasteiger charge is -2.43. The van der Waals surface area contributed by atoms with Gasteiger partial charge >= 0.3 is 0 Å². The molecule has 1 aromatic rings. The van der Waals surface area contributed by atoms with Gasteiger partial charge in [0.2, 0.25) is 0 Å². The molecule has 0 spiro atoms. The zero-order valence-corrected chi connectivity index (χ0v) is 12.7. The lowest BCUT2D eigenvalue weighted by atomic mass is 9.91. The molecule has 1 aliphatic heterocycles. The van der Waals surface area contributed by atoms with Gasteiger partial charge < -0.3 is 10.0 Å². The van der Waals surface area contributed by atoms with E-state index in [9.17, 15) is 5.11 Å². The van der Waals surface area contributed by atoms with Gasteiger partial charge in [-0.1, -0.05) is 18.6 Å². The molecule has 0 amide bonds. The minimum Gasteiger partial charge on any atom is -0.386 e. The first kappa shape index (κ1) is 13.9. The van der Waals surface area contributed by atoms with Gasteiger partial charge in [-0.15, -0.1) is 0 Å². The van der Waals surface area contributed by atoms with Crippen LogP contribution >= 0.6 is 0 Å². The first-order valence-corrected chi connectivity index (χ1v) is 7.86. The Bertz CT molecular complexity index is 454. The van der Waals surface area contributed by atoms with Crippen LogP contribution < -0.4 is 4.90 Å². The van der Waals surface area contributed by atoms with E-state index in [2.05, 4.69) is 28.0 Å². The number of hydrogen-bond acceptors (Lipinski definition) is 3. The number of anilines is 1. The van der Waals surface area contributed by atoms with E-state index in [-0.39, 0.29) is 0 Å². The molecule has 0 aromatic heterocycles. The van der Waals surface area contributed by atoms with Crippen molar-refractivity contribution in [1.82, 2.24) is 4.90 Å². The zero-order valence-electron chi connectivity index (χ0n) is 12.7. The molecule has 0 bridgehead atoms. The van der Waals surface area contributed by atoms with Crippen LogP contribution in [0.2, 0.25) is 0 Å². The van der Waals surface area contributed by atoms with Crippen molar-refractivity contribution in [2.24, 2.45) is 0 Å². The van der Waals surface area contributed by atoms with E-state index in [0.717, 1.165) is 24.7 Å². The summed E-state index contributed by atoms with van der Waals surface area (Å²) in [6.45, 7) is 8.26. The van der Waals surface area contributed by atoms with Crippen molar-refractivity contribution < 1.29 is 5.11 Å². The Hall–Kier alpha value is -1.06. The molecular formula is C17H26N2O. The third-order valence-electron chi connectivity index (χ3n) is 4.82. The van der Waals surface area contributed by atoms with E-state index in [4.69, 9.17) is 0 Å². The minimum absolute atomic E-state index is 0.760. The largest absolute Gasteiger partial charge is 0.386 e. The molecule has 20 heavy (non-hydrogen) atoms. The molecule has 1 heterocycles. The maximum Gasteiger partial charge on any atom is 0.0841 e. The van der Waals surface area contributed by atoms with Gasteiger partial charge in [0.25, 0.3) is 0 Å². The fourth-order valence-electron chi connectivity index (χ4n) is 3.18. The molecule has 1 saturated heterocycles. The van der Waals surface area contributed by atoms with Crippen molar-refractivity contribution in [2.75, 3.05) is 31.1 Å². The molecule has 2 fully saturated rings. The minimum atomic E-state index is -0.760. The monoisotopic (exact) mass is 274 g/mol. The van der Waals surface area contributed by atoms with Gasteiger partial charge in [0, 0.05) is 37.9 Å². The number of aliphatic hydroxyl groups is 1. The van der Waals surface area contributed by atoms with E-state index in [1.54, 1.807) is 0 Å². The highest BCUT2D eigenvalue weighted by Gasteiger charge is 2.28. The number of hydrogen-bond donors (Lipinski definition) is 1. The van der Waals surface area contributed by atoms with Crippen molar-refractivity contribution in [1.29, 1.82) is 0 Å². The van der Waals surface area contributed by atoms with Crippen LogP contribution in [0.15, 0.2) is 24.3 Å². The van der Waals surface area contributed by atoms with Gasteiger partial charge in [-0.05, 0) is 44.4 Å². The van der Waals surface area contributed by atoms with Crippen molar-refractivity contribution in [3.63, 3.8) is 0 Å². The highest BCUT2D eigenvalue weighted by atomic mass is 16.3. The molecule has 0 radical (unpaired) electrons. The molecule has 1 aliphatic carbocycles. The van der Waals surface area contributed by atoms with Crippen molar-refractivity contribution in [3.05, 3.63) is 29.8 Å². The molecule has 0 atom stereocenters. The number of rotatable bonds is 3. The molecule has 1 aromatic carbocycles. The van der Waals surface area contributed by atoms with E-state index in [0.29, 0.717) is 0 Å². The Morgan fingerprint density at radius 1 is 1.10 bits per heavy atom. The fraction of sp³-hybridized carbons (Fsp3) is 0.647. The topological polar surface area (TPSA) is 26.7 Å². The maximum atomic E-state index is 10.1. The second-order valence-electron chi connectivity index (χ2n) is 6.72. The summed E-state index contributed by atoms with van der Waals surface area (Å²) in [7, 11) is 0. The van der Waals surface area contributed by atoms with Crippen LogP contribution in [0, 0.1) is 0 Å². The normalized spacial score (nSPS) is 21.9. The van der Waals surface area contributed by atoms with Crippen LogP contribution in [-0.2, 0) is 5.60 Å². The molecule has 3 rings (SSSR count). The summed E-state index contributed by atoms with van der Waals surface area (Å²) in [5.41, 5.74) is 1.48. The molecule has 1 N–H and O–H groups in total. The summed E-state index contributed by atoms with van der Waals surface area (Å²) >= 11 is 0. The number of benzene rings is 1. The summed E-state index contributed by atoms with van der Waals surface area (Å²) in [5.74, 6) is 0. The van der Waals surface area contributed by atoms with E-state index < -0.39 is 5.60 Å². The van der Waals surface area contributed by atoms with Gasteiger partial charge in [-0.25, -0.2) is 0 Å². The van der Waals surface area contributed by atoms with E-state index >= 15 is 0 Å². The van der Waals surface area contributed by atoms with Crippen molar-refractivity contribution in [3.8, 4) is 0 Å². The Morgan fingerprint density at radius 2 is 1.80 bits per heavy atom. The third kappa shape index (κ3) is 2.84. The first-order chi connectivity index (χ1) is 9.54. The Labute approximate surface area is 122 Å². The second-order valence-corrected chi connectivity index (χ2v) is 6.72. The van der Waals surface area contributed by atoms with Crippen molar-refractivity contribution >= 4 is 5.69 Å². The number of nitrogens with zero attached hydrogens (tertiary/aromatic N) is 2. The molecule has 0 unspecified atom stereocenters. The smallest absolute Gasteiger partial charge is 0.0841 e. The summed E-state index contributed by atoms with van der Waals surface area (Å²) in [6.07, 6.45) is 4.21. The van der Waals surface area contributed by atoms with Crippen molar-refractivity contribution in [2.45, 2.75) is 44.8 Å². The quantitative estimate of drug-likeness (QED) is 0.918. The lowest BCUT2D eigenvalue weighted by molar-refractivity contribution is 0.0786. The first-order valence-electron chi connectivity index (χ1n) is 7.86. The fourth-order valence-corrected chi connectivity index (χ4v) is 3.18. The Morgan fingerprint density at radius 3 is 2.35 bits per heavy atom. The molecule has 2 aliphatic rings. The van der Waals surface area contributed by atoms with Gasteiger partial charge in [0.05, 0.1) is 5.60 Å². The summed E-state index contributed by atoms with van der Waals surface area (Å²) in [6, 6.07) is 9.22. The zero-order chi connectivity index (χ0) is 14.2. The summed E-state index contributed by atoms with van der Waals surface area (Å²) in [4.78, 5) is 5.10.